The molecule has 1 aliphatic heterocycles. The number of hydrogen-bond acceptors (Lipinski definition) is 3. The van der Waals surface area contributed by atoms with Gasteiger partial charge in [0.05, 0.1) is 6.61 Å². The molecule has 1 fully saturated rings. The van der Waals surface area contributed by atoms with Gasteiger partial charge in [0.1, 0.15) is 5.82 Å². The molecule has 0 aromatic carbocycles. The summed E-state index contributed by atoms with van der Waals surface area (Å²) in [5.41, 5.74) is 0.913. The molecule has 1 aliphatic rings. The first kappa shape index (κ1) is 11.9. The molecule has 1 aromatic heterocycles. The summed E-state index contributed by atoms with van der Waals surface area (Å²) in [7, 11) is 0. The van der Waals surface area contributed by atoms with Gasteiger partial charge in [0.25, 0.3) is 0 Å². The summed E-state index contributed by atoms with van der Waals surface area (Å²) in [6.07, 6.45) is 6.87. The number of aromatic nitrogens is 1. The molecule has 1 aromatic rings. The second-order valence-electron chi connectivity index (χ2n) is 4.20. The van der Waals surface area contributed by atoms with E-state index in [0.717, 1.165) is 28.9 Å². The third-order valence-electron chi connectivity index (χ3n) is 2.99. The van der Waals surface area contributed by atoms with E-state index in [4.69, 9.17) is 0 Å². The zero-order valence-corrected chi connectivity index (χ0v) is 10.9. The van der Waals surface area contributed by atoms with Crippen LogP contribution in [0.15, 0.2) is 16.7 Å². The first-order valence-corrected chi connectivity index (χ1v) is 6.61. The fraction of sp³-hybridized carbons (Fsp3) is 0.583. The van der Waals surface area contributed by atoms with Crippen LogP contribution >= 0.6 is 15.9 Å². The molecule has 0 atom stereocenters. The van der Waals surface area contributed by atoms with Crippen molar-refractivity contribution in [2.24, 2.45) is 0 Å². The maximum Gasteiger partial charge on any atom is 0.134 e. The highest BCUT2D eigenvalue weighted by atomic mass is 79.9. The first-order valence-electron chi connectivity index (χ1n) is 5.81. The number of halogens is 1. The number of hydrogen-bond donors (Lipinski definition) is 1. The van der Waals surface area contributed by atoms with Crippen molar-refractivity contribution < 1.29 is 5.11 Å². The Morgan fingerprint density at radius 1 is 1.25 bits per heavy atom. The number of nitrogens with zero attached hydrogens (tertiary/aromatic N) is 2. The molecule has 0 bridgehead atoms. The predicted molar refractivity (Wildman–Crippen MR) is 68.5 cm³/mol. The molecule has 0 unspecified atom stereocenters. The standard InChI is InChI=1S/C12H17BrN2O/c13-11-7-10(9-16)12(14-8-11)15-5-3-1-2-4-6-15/h7-8,16H,1-6,9H2. The van der Waals surface area contributed by atoms with E-state index in [2.05, 4.69) is 25.8 Å². The highest BCUT2D eigenvalue weighted by Crippen LogP contribution is 2.24. The van der Waals surface area contributed by atoms with E-state index in [1.807, 2.05) is 6.07 Å². The van der Waals surface area contributed by atoms with Crippen LogP contribution in [0.2, 0.25) is 0 Å². The molecule has 2 rings (SSSR count). The lowest BCUT2D eigenvalue weighted by molar-refractivity contribution is 0.281. The topological polar surface area (TPSA) is 36.4 Å². The molecule has 16 heavy (non-hydrogen) atoms. The van der Waals surface area contributed by atoms with E-state index in [-0.39, 0.29) is 6.61 Å². The fourth-order valence-electron chi connectivity index (χ4n) is 2.16. The monoisotopic (exact) mass is 284 g/mol. The number of pyridine rings is 1. The van der Waals surface area contributed by atoms with Crippen LogP contribution in [0.3, 0.4) is 0 Å². The predicted octanol–water partition coefficient (Wildman–Crippen LogP) is 2.72. The Labute approximate surface area is 105 Å². The fourth-order valence-corrected chi connectivity index (χ4v) is 2.54. The molecular weight excluding hydrogens is 268 g/mol. The summed E-state index contributed by atoms with van der Waals surface area (Å²) < 4.78 is 0.926. The molecule has 0 aliphatic carbocycles. The minimum atomic E-state index is 0.0538. The van der Waals surface area contributed by atoms with Crippen LogP contribution in [-0.4, -0.2) is 23.2 Å². The van der Waals surface area contributed by atoms with Gasteiger partial charge in [-0.2, -0.15) is 0 Å². The van der Waals surface area contributed by atoms with E-state index in [1.54, 1.807) is 6.20 Å². The second kappa shape index (κ2) is 5.64. The lowest BCUT2D eigenvalue weighted by Crippen LogP contribution is -2.26. The van der Waals surface area contributed by atoms with E-state index in [0.29, 0.717) is 0 Å². The zero-order valence-electron chi connectivity index (χ0n) is 9.32. The quantitative estimate of drug-likeness (QED) is 0.907. The van der Waals surface area contributed by atoms with Crippen molar-refractivity contribution in [3.05, 3.63) is 22.3 Å². The smallest absolute Gasteiger partial charge is 0.134 e. The van der Waals surface area contributed by atoms with Crippen molar-refractivity contribution >= 4 is 21.7 Å². The molecule has 4 heteroatoms. The van der Waals surface area contributed by atoms with Crippen molar-refractivity contribution in [3.63, 3.8) is 0 Å². The lowest BCUT2D eigenvalue weighted by Gasteiger charge is -2.23. The largest absolute Gasteiger partial charge is 0.392 e. The van der Waals surface area contributed by atoms with E-state index in [9.17, 15) is 5.11 Å². The van der Waals surface area contributed by atoms with E-state index >= 15 is 0 Å². The maximum absolute atomic E-state index is 9.36. The Hall–Kier alpha value is -0.610. The van der Waals surface area contributed by atoms with Crippen molar-refractivity contribution in [1.29, 1.82) is 0 Å². The molecular formula is C12H17BrN2O. The minimum Gasteiger partial charge on any atom is -0.392 e. The summed E-state index contributed by atoms with van der Waals surface area (Å²) in [6.45, 7) is 2.17. The zero-order chi connectivity index (χ0) is 11.4. The van der Waals surface area contributed by atoms with Crippen molar-refractivity contribution in [2.45, 2.75) is 32.3 Å². The molecule has 0 saturated carbocycles. The van der Waals surface area contributed by atoms with Crippen LogP contribution < -0.4 is 4.90 Å². The number of rotatable bonds is 2. The van der Waals surface area contributed by atoms with Crippen LogP contribution in [0.1, 0.15) is 31.2 Å². The van der Waals surface area contributed by atoms with Crippen LogP contribution in [0, 0.1) is 0 Å². The van der Waals surface area contributed by atoms with E-state index < -0.39 is 0 Å². The molecule has 0 amide bonds. The van der Waals surface area contributed by atoms with Gasteiger partial charge in [0.2, 0.25) is 0 Å². The van der Waals surface area contributed by atoms with Crippen LogP contribution in [0.25, 0.3) is 0 Å². The number of aliphatic hydroxyl groups excluding tert-OH is 1. The highest BCUT2D eigenvalue weighted by molar-refractivity contribution is 9.10. The van der Waals surface area contributed by atoms with Gasteiger partial charge in [0, 0.05) is 29.3 Å². The van der Waals surface area contributed by atoms with Gasteiger partial charge in [-0.15, -0.1) is 0 Å². The molecule has 3 nitrogen and oxygen atoms in total. The first-order chi connectivity index (χ1) is 7.81. The van der Waals surface area contributed by atoms with Crippen molar-refractivity contribution in [1.82, 2.24) is 4.98 Å². The Morgan fingerprint density at radius 3 is 2.56 bits per heavy atom. The van der Waals surface area contributed by atoms with Gasteiger partial charge in [-0.25, -0.2) is 4.98 Å². The van der Waals surface area contributed by atoms with Gasteiger partial charge >= 0.3 is 0 Å². The van der Waals surface area contributed by atoms with Crippen LogP contribution in [0.4, 0.5) is 5.82 Å². The van der Waals surface area contributed by atoms with E-state index in [1.165, 1.54) is 25.7 Å². The third kappa shape index (κ3) is 2.74. The average molecular weight is 285 g/mol. The van der Waals surface area contributed by atoms with Crippen molar-refractivity contribution in [2.75, 3.05) is 18.0 Å². The Bertz CT molecular complexity index is 349. The van der Waals surface area contributed by atoms with Gasteiger partial charge in [0.15, 0.2) is 0 Å². The van der Waals surface area contributed by atoms with Crippen LogP contribution in [0.5, 0.6) is 0 Å². The summed E-state index contributed by atoms with van der Waals surface area (Å²) in [4.78, 5) is 6.73. The Kier molecular flexibility index (Phi) is 4.18. The van der Waals surface area contributed by atoms with Crippen molar-refractivity contribution in [3.8, 4) is 0 Å². The SMILES string of the molecule is OCc1cc(Br)cnc1N1CCCCCC1. The summed E-state index contributed by atoms with van der Waals surface area (Å²) >= 11 is 3.38. The molecule has 88 valence electrons. The maximum atomic E-state index is 9.36. The second-order valence-corrected chi connectivity index (χ2v) is 5.11. The third-order valence-corrected chi connectivity index (χ3v) is 3.42. The average Bonchev–Trinajstić information content (AvgIpc) is 2.57. The molecule has 0 radical (unpaired) electrons. The normalized spacial score (nSPS) is 17.2. The lowest BCUT2D eigenvalue weighted by atomic mass is 10.2. The molecule has 0 spiro atoms. The van der Waals surface area contributed by atoms with Crippen LogP contribution in [-0.2, 0) is 6.61 Å². The Morgan fingerprint density at radius 2 is 1.94 bits per heavy atom. The minimum absolute atomic E-state index is 0.0538. The molecule has 2 heterocycles. The summed E-state index contributed by atoms with van der Waals surface area (Å²) in [6, 6.07) is 1.95. The highest BCUT2D eigenvalue weighted by Gasteiger charge is 2.14. The van der Waals surface area contributed by atoms with Gasteiger partial charge in [-0.05, 0) is 34.8 Å². The van der Waals surface area contributed by atoms with Gasteiger partial charge < -0.3 is 10.0 Å². The Balaban J connectivity index is 2.23. The molecule has 1 N–H and O–H groups in total. The number of anilines is 1. The molecule has 1 saturated heterocycles. The summed E-state index contributed by atoms with van der Waals surface area (Å²) in [5.74, 6) is 0.951. The number of aliphatic hydroxyl groups is 1. The van der Waals surface area contributed by atoms with Gasteiger partial charge in [-0.3, -0.25) is 0 Å². The van der Waals surface area contributed by atoms with Gasteiger partial charge in [-0.1, -0.05) is 12.8 Å². The summed E-state index contributed by atoms with van der Waals surface area (Å²) in [5, 5.41) is 9.36.